The molecular formula is C14H17NO3. The predicted molar refractivity (Wildman–Crippen MR) is 68.6 cm³/mol. The Morgan fingerprint density at radius 1 is 1.44 bits per heavy atom. The lowest BCUT2D eigenvalue weighted by Gasteiger charge is -2.22. The minimum atomic E-state index is -0.817. The molecule has 0 radical (unpaired) electrons. The average molecular weight is 247 g/mol. The Morgan fingerprint density at radius 3 is 2.72 bits per heavy atom. The number of ether oxygens (including phenoxy) is 1. The zero-order chi connectivity index (χ0) is 13.5. The standard InChI is InChI=1S/C14H17NO3/c1-9-6-5-7-10-12(9)14(2,8-11(16)18-4)13(17)15(10)3/h5-7H,8H2,1-4H3. The van der Waals surface area contributed by atoms with Gasteiger partial charge in [0.05, 0.1) is 18.9 Å². The van der Waals surface area contributed by atoms with Crippen LogP contribution in [-0.4, -0.2) is 26.0 Å². The van der Waals surface area contributed by atoms with Crippen molar-refractivity contribution >= 4 is 17.6 Å². The summed E-state index contributed by atoms with van der Waals surface area (Å²) in [6.07, 6.45) is 0.0739. The molecule has 1 heterocycles. The Morgan fingerprint density at radius 2 is 2.11 bits per heavy atom. The summed E-state index contributed by atoms with van der Waals surface area (Å²) in [6, 6.07) is 5.78. The second kappa shape index (κ2) is 4.12. The molecule has 2 rings (SSSR count). The lowest BCUT2D eigenvalue weighted by molar-refractivity contribution is -0.144. The highest BCUT2D eigenvalue weighted by molar-refractivity contribution is 6.09. The predicted octanol–water partition coefficient (Wildman–Crippen LogP) is 1.79. The first-order chi connectivity index (χ1) is 8.41. The van der Waals surface area contributed by atoms with Gasteiger partial charge in [-0.15, -0.1) is 0 Å². The van der Waals surface area contributed by atoms with Crippen molar-refractivity contribution in [3.05, 3.63) is 29.3 Å². The Bertz CT molecular complexity index is 524. The van der Waals surface area contributed by atoms with Crippen molar-refractivity contribution < 1.29 is 14.3 Å². The number of fused-ring (bicyclic) bond motifs is 1. The van der Waals surface area contributed by atoms with E-state index in [2.05, 4.69) is 0 Å². The fourth-order valence-corrected chi connectivity index (χ4v) is 2.76. The normalized spacial score (nSPS) is 22.0. The van der Waals surface area contributed by atoms with Crippen molar-refractivity contribution in [2.45, 2.75) is 25.7 Å². The van der Waals surface area contributed by atoms with E-state index in [1.54, 1.807) is 11.9 Å². The number of amides is 1. The van der Waals surface area contributed by atoms with E-state index in [1.807, 2.05) is 32.0 Å². The highest BCUT2D eigenvalue weighted by Gasteiger charge is 2.48. The van der Waals surface area contributed by atoms with Crippen LogP contribution in [0.1, 0.15) is 24.5 Å². The third-order valence-corrected chi connectivity index (χ3v) is 3.67. The van der Waals surface area contributed by atoms with Gasteiger partial charge in [0.1, 0.15) is 0 Å². The molecule has 18 heavy (non-hydrogen) atoms. The van der Waals surface area contributed by atoms with Gasteiger partial charge in [0.25, 0.3) is 0 Å². The van der Waals surface area contributed by atoms with Gasteiger partial charge >= 0.3 is 5.97 Å². The Balaban J connectivity index is 2.57. The number of methoxy groups -OCH3 is 1. The van der Waals surface area contributed by atoms with Crippen LogP contribution in [0, 0.1) is 6.92 Å². The number of aryl methyl sites for hydroxylation is 1. The molecule has 0 saturated carbocycles. The maximum Gasteiger partial charge on any atom is 0.306 e. The fraction of sp³-hybridized carbons (Fsp3) is 0.429. The van der Waals surface area contributed by atoms with Crippen molar-refractivity contribution in [2.24, 2.45) is 0 Å². The molecule has 0 bridgehead atoms. The van der Waals surface area contributed by atoms with Crippen LogP contribution in [0.4, 0.5) is 5.69 Å². The number of anilines is 1. The average Bonchev–Trinajstić information content (AvgIpc) is 2.53. The first kappa shape index (κ1) is 12.6. The van der Waals surface area contributed by atoms with Gasteiger partial charge < -0.3 is 9.64 Å². The molecule has 0 aromatic heterocycles. The highest BCUT2D eigenvalue weighted by Crippen LogP contribution is 2.44. The summed E-state index contributed by atoms with van der Waals surface area (Å²) in [4.78, 5) is 25.6. The van der Waals surface area contributed by atoms with Crippen LogP contribution in [0.25, 0.3) is 0 Å². The van der Waals surface area contributed by atoms with Crippen LogP contribution in [-0.2, 0) is 19.7 Å². The van der Waals surface area contributed by atoms with E-state index in [0.29, 0.717) is 0 Å². The highest BCUT2D eigenvalue weighted by atomic mass is 16.5. The molecule has 0 spiro atoms. The van der Waals surface area contributed by atoms with Gasteiger partial charge in [0, 0.05) is 12.7 Å². The SMILES string of the molecule is COC(=O)CC1(C)C(=O)N(C)c2cccc(C)c21. The smallest absolute Gasteiger partial charge is 0.306 e. The first-order valence-electron chi connectivity index (χ1n) is 5.87. The maximum absolute atomic E-state index is 12.4. The first-order valence-corrected chi connectivity index (χ1v) is 5.87. The maximum atomic E-state index is 12.4. The topological polar surface area (TPSA) is 46.6 Å². The summed E-state index contributed by atoms with van der Waals surface area (Å²) in [5.74, 6) is -0.424. The zero-order valence-electron chi connectivity index (χ0n) is 11.1. The third kappa shape index (κ3) is 1.60. The molecule has 1 aliphatic rings. The molecule has 1 amide bonds. The third-order valence-electron chi connectivity index (χ3n) is 3.67. The number of rotatable bonds is 2. The summed E-state index contributed by atoms with van der Waals surface area (Å²) < 4.78 is 4.71. The second-order valence-electron chi connectivity index (χ2n) is 4.92. The molecule has 1 atom stereocenters. The number of likely N-dealkylation sites (N-methyl/N-ethyl adjacent to an activating group) is 1. The number of carbonyl (C=O) groups is 2. The fourth-order valence-electron chi connectivity index (χ4n) is 2.76. The van der Waals surface area contributed by atoms with Crippen molar-refractivity contribution in [2.75, 3.05) is 19.1 Å². The molecule has 4 heteroatoms. The number of nitrogens with zero attached hydrogens (tertiary/aromatic N) is 1. The van der Waals surface area contributed by atoms with Crippen LogP contribution >= 0.6 is 0 Å². The van der Waals surface area contributed by atoms with Crippen LogP contribution in [0.15, 0.2) is 18.2 Å². The Hall–Kier alpha value is -1.84. The summed E-state index contributed by atoms with van der Waals surface area (Å²) in [6.45, 7) is 3.77. The minimum Gasteiger partial charge on any atom is -0.469 e. The van der Waals surface area contributed by atoms with Crippen molar-refractivity contribution in [3.8, 4) is 0 Å². The van der Waals surface area contributed by atoms with Crippen molar-refractivity contribution in [1.29, 1.82) is 0 Å². The minimum absolute atomic E-state index is 0.0581. The molecule has 0 aliphatic carbocycles. The zero-order valence-corrected chi connectivity index (χ0v) is 11.1. The van der Waals surface area contributed by atoms with Crippen LogP contribution in [0.5, 0.6) is 0 Å². The molecule has 0 fully saturated rings. The molecular weight excluding hydrogens is 230 g/mol. The van der Waals surface area contributed by atoms with Crippen molar-refractivity contribution in [1.82, 2.24) is 0 Å². The molecule has 1 aliphatic heterocycles. The van der Waals surface area contributed by atoms with Gasteiger partial charge in [-0.3, -0.25) is 9.59 Å². The van der Waals surface area contributed by atoms with Gasteiger partial charge in [-0.05, 0) is 31.0 Å². The van der Waals surface area contributed by atoms with E-state index < -0.39 is 5.41 Å². The van der Waals surface area contributed by atoms with Gasteiger partial charge in [-0.1, -0.05) is 12.1 Å². The molecule has 0 saturated heterocycles. The van der Waals surface area contributed by atoms with Crippen LogP contribution < -0.4 is 4.90 Å². The van der Waals surface area contributed by atoms with E-state index in [-0.39, 0.29) is 18.3 Å². The monoisotopic (exact) mass is 247 g/mol. The van der Waals surface area contributed by atoms with Crippen LogP contribution in [0.2, 0.25) is 0 Å². The molecule has 1 unspecified atom stereocenters. The number of carbonyl (C=O) groups excluding carboxylic acids is 2. The lowest BCUT2D eigenvalue weighted by Crippen LogP contribution is -2.38. The number of benzene rings is 1. The summed E-state index contributed by atoms with van der Waals surface area (Å²) in [5, 5.41) is 0. The largest absolute Gasteiger partial charge is 0.469 e. The molecule has 96 valence electrons. The van der Waals surface area contributed by atoms with E-state index in [1.165, 1.54) is 7.11 Å². The van der Waals surface area contributed by atoms with E-state index in [0.717, 1.165) is 16.8 Å². The number of hydrogen-bond donors (Lipinski definition) is 0. The summed E-state index contributed by atoms with van der Waals surface area (Å²) >= 11 is 0. The second-order valence-corrected chi connectivity index (χ2v) is 4.92. The van der Waals surface area contributed by atoms with E-state index in [4.69, 9.17) is 4.74 Å². The van der Waals surface area contributed by atoms with Crippen LogP contribution in [0.3, 0.4) is 0 Å². The van der Waals surface area contributed by atoms with Crippen molar-refractivity contribution in [3.63, 3.8) is 0 Å². The number of hydrogen-bond acceptors (Lipinski definition) is 3. The van der Waals surface area contributed by atoms with Gasteiger partial charge in [0.15, 0.2) is 0 Å². The van der Waals surface area contributed by atoms with E-state index >= 15 is 0 Å². The quantitative estimate of drug-likeness (QED) is 0.748. The molecule has 1 aromatic rings. The number of esters is 1. The Kier molecular flexibility index (Phi) is 2.89. The Labute approximate surface area is 107 Å². The molecule has 1 aromatic carbocycles. The van der Waals surface area contributed by atoms with Gasteiger partial charge in [-0.2, -0.15) is 0 Å². The van der Waals surface area contributed by atoms with Gasteiger partial charge in [0.2, 0.25) is 5.91 Å². The molecule has 4 nitrogen and oxygen atoms in total. The van der Waals surface area contributed by atoms with Gasteiger partial charge in [-0.25, -0.2) is 0 Å². The summed E-state index contributed by atoms with van der Waals surface area (Å²) in [5.41, 5.74) is 2.02. The van der Waals surface area contributed by atoms with E-state index in [9.17, 15) is 9.59 Å². The summed E-state index contributed by atoms with van der Waals surface area (Å²) in [7, 11) is 3.08. The molecule has 0 N–H and O–H groups in total. The lowest BCUT2D eigenvalue weighted by atomic mass is 9.78.